The molecule has 0 radical (unpaired) electrons. The van der Waals surface area contributed by atoms with Crippen LogP contribution in [0, 0.1) is 5.92 Å². The summed E-state index contributed by atoms with van der Waals surface area (Å²) in [7, 11) is 1.84. The maximum Gasteiger partial charge on any atom is 0.317 e. The minimum Gasteiger partial charge on any atom is -0.336 e. The molecule has 2 amide bonds. The Morgan fingerprint density at radius 2 is 2.23 bits per heavy atom. The standard InChI is InChI=1S/C9H19N3O/c1-7(2)11-9(13)12(3)6-8-4-10-5-8/h7-8,10H,4-6H2,1-3H3,(H,11,13). The summed E-state index contributed by atoms with van der Waals surface area (Å²) in [6, 6.07) is 0.247. The molecular formula is C9H19N3O. The Kier molecular flexibility index (Phi) is 3.54. The Labute approximate surface area is 79.7 Å². The third kappa shape index (κ3) is 3.22. The molecule has 0 saturated carbocycles. The van der Waals surface area contributed by atoms with Gasteiger partial charge in [0.05, 0.1) is 0 Å². The first-order valence-corrected chi connectivity index (χ1v) is 4.82. The highest BCUT2D eigenvalue weighted by Crippen LogP contribution is 2.04. The number of nitrogens with one attached hydrogen (secondary N) is 2. The van der Waals surface area contributed by atoms with Crippen LogP contribution in [0.2, 0.25) is 0 Å². The lowest BCUT2D eigenvalue weighted by Crippen LogP contribution is -2.51. The van der Waals surface area contributed by atoms with Crippen molar-refractivity contribution in [1.29, 1.82) is 0 Å². The van der Waals surface area contributed by atoms with Gasteiger partial charge in [0, 0.05) is 38.6 Å². The molecule has 76 valence electrons. The number of nitrogens with zero attached hydrogens (tertiary/aromatic N) is 1. The number of rotatable bonds is 3. The lowest BCUT2D eigenvalue weighted by Gasteiger charge is -2.31. The fourth-order valence-corrected chi connectivity index (χ4v) is 1.30. The smallest absolute Gasteiger partial charge is 0.317 e. The van der Waals surface area contributed by atoms with Crippen LogP contribution in [-0.2, 0) is 0 Å². The average Bonchev–Trinajstić information content (AvgIpc) is 1.94. The van der Waals surface area contributed by atoms with E-state index in [9.17, 15) is 4.79 Å². The fraction of sp³-hybridized carbons (Fsp3) is 0.889. The number of urea groups is 1. The summed E-state index contributed by atoms with van der Waals surface area (Å²) in [5, 5.41) is 6.05. The van der Waals surface area contributed by atoms with Crippen LogP contribution in [0.15, 0.2) is 0 Å². The van der Waals surface area contributed by atoms with E-state index in [-0.39, 0.29) is 12.1 Å². The summed E-state index contributed by atoms with van der Waals surface area (Å²) >= 11 is 0. The first kappa shape index (κ1) is 10.3. The highest BCUT2D eigenvalue weighted by Gasteiger charge is 2.20. The lowest BCUT2D eigenvalue weighted by molar-refractivity contribution is 0.187. The number of carbonyl (C=O) groups excluding carboxylic acids is 1. The molecule has 0 spiro atoms. The van der Waals surface area contributed by atoms with Crippen molar-refractivity contribution in [3.05, 3.63) is 0 Å². The van der Waals surface area contributed by atoms with Crippen LogP contribution >= 0.6 is 0 Å². The van der Waals surface area contributed by atoms with Crippen LogP contribution in [0.25, 0.3) is 0 Å². The largest absolute Gasteiger partial charge is 0.336 e. The van der Waals surface area contributed by atoms with E-state index in [0.717, 1.165) is 19.6 Å². The first-order valence-electron chi connectivity index (χ1n) is 4.82. The normalized spacial score (nSPS) is 16.9. The second kappa shape index (κ2) is 4.46. The summed E-state index contributed by atoms with van der Waals surface area (Å²) in [6.45, 7) is 6.87. The van der Waals surface area contributed by atoms with Crippen molar-refractivity contribution in [2.45, 2.75) is 19.9 Å². The minimum absolute atomic E-state index is 0.0295. The Balaban J connectivity index is 2.20. The van der Waals surface area contributed by atoms with Gasteiger partial charge in [0.2, 0.25) is 0 Å². The topological polar surface area (TPSA) is 44.4 Å². The van der Waals surface area contributed by atoms with Crippen molar-refractivity contribution in [3.63, 3.8) is 0 Å². The zero-order valence-corrected chi connectivity index (χ0v) is 8.63. The summed E-state index contributed by atoms with van der Waals surface area (Å²) in [5.41, 5.74) is 0. The number of carbonyl (C=O) groups is 1. The molecule has 0 aromatic carbocycles. The van der Waals surface area contributed by atoms with Crippen molar-refractivity contribution in [1.82, 2.24) is 15.5 Å². The van der Waals surface area contributed by atoms with E-state index in [0.29, 0.717) is 5.92 Å². The van der Waals surface area contributed by atoms with Gasteiger partial charge in [-0.1, -0.05) is 0 Å². The quantitative estimate of drug-likeness (QED) is 0.662. The molecule has 1 heterocycles. The molecule has 1 fully saturated rings. The van der Waals surface area contributed by atoms with Crippen molar-refractivity contribution in [2.24, 2.45) is 5.92 Å². The zero-order valence-electron chi connectivity index (χ0n) is 8.63. The SMILES string of the molecule is CC(C)NC(=O)N(C)CC1CNC1. The first-order chi connectivity index (χ1) is 6.09. The van der Waals surface area contributed by atoms with Crippen molar-refractivity contribution < 1.29 is 4.79 Å². The fourth-order valence-electron chi connectivity index (χ4n) is 1.30. The molecule has 1 aliphatic heterocycles. The predicted molar refractivity (Wildman–Crippen MR) is 52.7 cm³/mol. The van der Waals surface area contributed by atoms with Gasteiger partial charge in [-0.15, -0.1) is 0 Å². The molecule has 0 aromatic rings. The van der Waals surface area contributed by atoms with E-state index in [1.807, 2.05) is 20.9 Å². The van der Waals surface area contributed by atoms with Gasteiger partial charge in [-0.3, -0.25) is 0 Å². The highest BCUT2D eigenvalue weighted by molar-refractivity contribution is 5.74. The molecule has 1 aliphatic rings. The molecule has 4 heteroatoms. The third-order valence-corrected chi connectivity index (χ3v) is 2.16. The Bertz CT molecular complexity index is 178. The lowest BCUT2D eigenvalue weighted by atomic mass is 10.0. The number of hydrogen-bond donors (Lipinski definition) is 2. The van der Waals surface area contributed by atoms with Crippen molar-refractivity contribution in [3.8, 4) is 0 Å². The van der Waals surface area contributed by atoms with E-state index in [2.05, 4.69) is 10.6 Å². The zero-order chi connectivity index (χ0) is 9.84. The summed E-state index contributed by atoms with van der Waals surface area (Å²) < 4.78 is 0. The maximum absolute atomic E-state index is 11.4. The Hall–Kier alpha value is -0.770. The van der Waals surface area contributed by atoms with Crippen LogP contribution < -0.4 is 10.6 Å². The molecule has 0 atom stereocenters. The van der Waals surface area contributed by atoms with Gasteiger partial charge in [-0.05, 0) is 13.8 Å². The molecule has 0 bridgehead atoms. The third-order valence-electron chi connectivity index (χ3n) is 2.16. The van der Waals surface area contributed by atoms with E-state index in [4.69, 9.17) is 0 Å². The highest BCUT2D eigenvalue weighted by atomic mass is 16.2. The van der Waals surface area contributed by atoms with Gasteiger partial charge in [0.1, 0.15) is 0 Å². The second-order valence-corrected chi connectivity index (χ2v) is 4.01. The Morgan fingerprint density at radius 3 is 2.62 bits per heavy atom. The molecule has 4 nitrogen and oxygen atoms in total. The van der Waals surface area contributed by atoms with Crippen LogP contribution in [0.4, 0.5) is 4.79 Å². The van der Waals surface area contributed by atoms with Crippen LogP contribution in [0.3, 0.4) is 0 Å². The molecule has 13 heavy (non-hydrogen) atoms. The van der Waals surface area contributed by atoms with E-state index < -0.39 is 0 Å². The second-order valence-electron chi connectivity index (χ2n) is 4.01. The molecule has 2 N–H and O–H groups in total. The Morgan fingerprint density at radius 1 is 1.62 bits per heavy atom. The molecule has 0 aromatic heterocycles. The monoisotopic (exact) mass is 185 g/mol. The summed E-state index contributed by atoms with van der Waals surface area (Å²) in [6.07, 6.45) is 0. The van der Waals surface area contributed by atoms with Crippen molar-refractivity contribution >= 4 is 6.03 Å². The van der Waals surface area contributed by atoms with E-state index in [1.54, 1.807) is 4.90 Å². The molecule has 1 rings (SSSR count). The minimum atomic E-state index is 0.0295. The van der Waals surface area contributed by atoms with Gasteiger partial charge in [-0.25, -0.2) is 4.79 Å². The van der Waals surface area contributed by atoms with Crippen LogP contribution in [0.5, 0.6) is 0 Å². The van der Waals surface area contributed by atoms with Crippen LogP contribution in [-0.4, -0.2) is 43.7 Å². The molecule has 0 aliphatic carbocycles. The maximum atomic E-state index is 11.4. The predicted octanol–water partition coefficient (Wildman–Crippen LogP) is 0.256. The number of hydrogen-bond acceptors (Lipinski definition) is 2. The summed E-state index contributed by atoms with van der Waals surface area (Å²) in [4.78, 5) is 13.2. The van der Waals surface area contributed by atoms with Gasteiger partial charge in [0.15, 0.2) is 0 Å². The molecular weight excluding hydrogens is 166 g/mol. The van der Waals surface area contributed by atoms with Crippen LogP contribution in [0.1, 0.15) is 13.8 Å². The number of amides is 2. The summed E-state index contributed by atoms with van der Waals surface area (Å²) in [5.74, 6) is 0.642. The van der Waals surface area contributed by atoms with Gasteiger partial charge >= 0.3 is 6.03 Å². The van der Waals surface area contributed by atoms with Gasteiger partial charge in [0.25, 0.3) is 0 Å². The molecule has 0 unspecified atom stereocenters. The van der Waals surface area contributed by atoms with E-state index in [1.165, 1.54) is 0 Å². The van der Waals surface area contributed by atoms with E-state index >= 15 is 0 Å². The van der Waals surface area contributed by atoms with Crippen molar-refractivity contribution in [2.75, 3.05) is 26.7 Å². The van der Waals surface area contributed by atoms with Gasteiger partial charge in [-0.2, -0.15) is 0 Å². The van der Waals surface area contributed by atoms with Gasteiger partial charge < -0.3 is 15.5 Å². The molecule has 1 saturated heterocycles. The average molecular weight is 185 g/mol.